The average Bonchev–Trinajstić information content (AvgIpc) is 2.97. The number of hydrogen-bond donors (Lipinski definition) is 1. The third-order valence-electron chi connectivity index (χ3n) is 2.75. The van der Waals surface area contributed by atoms with Gasteiger partial charge in [-0.1, -0.05) is 18.2 Å². The molecule has 4 nitrogen and oxygen atoms in total. The van der Waals surface area contributed by atoms with Crippen LogP contribution in [0.4, 0.5) is 5.69 Å². The number of amides is 1. The van der Waals surface area contributed by atoms with Crippen molar-refractivity contribution in [2.24, 2.45) is 0 Å². The van der Waals surface area contributed by atoms with Crippen LogP contribution in [0.1, 0.15) is 36.0 Å². The molecule has 2 rings (SSSR count). The highest BCUT2D eigenvalue weighted by Gasteiger charge is 2.20. The summed E-state index contributed by atoms with van der Waals surface area (Å²) < 4.78 is 5.36. The molecule has 1 heterocycles. The van der Waals surface area contributed by atoms with Crippen molar-refractivity contribution in [1.29, 1.82) is 0 Å². The zero-order chi connectivity index (χ0) is 16.9. The number of ether oxygens (including phenoxy) is 1. The molecule has 5 heteroatoms. The van der Waals surface area contributed by atoms with Gasteiger partial charge in [-0.25, -0.2) is 4.79 Å². The van der Waals surface area contributed by atoms with Gasteiger partial charge in [0, 0.05) is 11.0 Å². The number of esters is 1. The molecular formula is C18H19NO3S. The zero-order valence-electron chi connectivity index (χ0n) is 13.3. The highest BCUT2D eigenvalue weighted by molar-refractivity contribution is 7.10. The Hall–Kier alpha value is -2.40. The molecule has 0 saturated heterocycles. The van der Waals surface area contributed by atoms with Crippen LogP contribution in [-0.4, -0.2) is 17.5 Å². The fourth-order valence-corrected chi connectivity index (χ4v) is 2.44. The van der Waals surface area contributed by atoms with E-state index in [0.29, 0.717) is 11.3 Å². The molecule has 0 aliphatic rings. The second-order valence-corrected chi connectivity index (χ2v) is 6.86. The van der Waals surface area contributed by atoms with E-state index in [4.69, 9.17) is 4.74 Å². The molecule has 1 aromatic carbocycles. The van der Waals surface area contributed by atoms with Crippen molar-refractivity contribution < 1.29 is 14.3 Å². The monoisotopic (exact) mass is 329 g/mol. The van der Waals surface area contributed by atoms with E-state index in [1.54, 1.807) is 62.4 Å². The molecule has 0 saturated carbocycles. The minimum Gasteiger partial charge on any atom is -0.456 e. The van der Waals surface area contributed by atoms with E-state index in [-0.39, 0.29) is 5.91 Å². The average molecular weight is 329 g/mol. The number of benzene rings is 1. The maximum atomic E-state index is 12.2. The molecule has 0 fully saturated rings. The normalized spacial score (nSPS) is 11.4. The minimum absolute atomic E-state index is 0.297. The van der Waals surface area contributed by atoms with Gasteiger partial charge < -0.3 is 10.1 Å². The summed E-state index contributed by atoms with van der Waals surface area (Å²) in [7, 11) is 0. The lowest BCUT2D eigenvalue weighted by Crippen LogP contribution is -2.24. The molecule has 1 N–H and O–H groups in total. The standard InChI is InChI=1S/C18H19NO3S/c1-18(2,3)22-17(21)14-8-4-5-9-15(14)19-16(20)11-10-13-7-6-12-23-13/h4-12H,1-3H3,(H,19,20). The molecule has 1 aromatic heterocycles. The molecule has 0 atom stereocenters. The number of carbonyl (C=O) groups is 2. The number of hydrogen-bond acceptors (Lipinski definition) is 4. The van der Waals surface area contributed by atoms with E-state index in [9.17, 15) is 9.59 Å². The molecule has 2 aromatic rings. The summed E-state index contributed by atoms with van der Waals surface area (Å²) in [5, 5.41) is 4.66. The number of thiophene rings is 1. The molecule has 0 radical (unpaired) electrons. The van der Waals surface area contributed by atoms with Crippen molar-refractivity contribution in [3.63, 3.8) is 0 Å². The maximum absolute atomic E-state index is 12.2. The molecule has 0 spiro atoms. The molecule has 120 valence electrons. The summed E-state index contributed by atoms with van der Waals surface area (Å²) >= 11 is 1.54. The van der Waals surface area contributed by atoms with Crippen molar-refractivity contribution in [2.45, 2.75) is 26.4 Å². The van der Waals surface area contributed by atoms with Crippen LogP contribution in [0, 0.1) is 0 Å². The summed E-state index contributed by atoms with van der Waals surface area (Å²) in [4.78, 5) is 25.2. The summed E-state index contributed by atoms with van der Waals surface area (Å²) in [5.74, 6) is -0.759. The fraction of sp³-hybridized carbons (Fsp3) is 0.222. The molecule has 0 bridgehead atoms. The van der Waals surface area contributed by atoms with Crippen molar-refractivity contribution in [2.75, 3.05) is 5.32 Å². The molecule has 0 unspecified atom stereocenters. The number of anilines is 1. The Balaban J connectivity index is 2.11. The van der Waals surface area contributed by atoms with Crippen LogP contribution in [-0.2, 0) is 9.53 Å². The summed E-state index contributed by atoms with van der Waals surface area (Å²) in [6.07, 6.45) is 3.17. The van der Waals surface area contributed by atoms with Crippen LogP contribution >= 0.6 is 11.3 Å². The second-order valence-electron chi connectivity index (χ2n) is 5.89. The Morgan fingerprint density at radius 2 is 1.87 bits per heavy atom. The van der Waals surface area contributed by atoms with Gasteiger partial charge in [0.1, 0.15) is 5.60 Å². The zero-order valence-corrected chi connectivity index (χ0v) is 14.1. The predicted octanol–water partition coefficient (Wildman–Crippen LogP) is 4.36. The van der Waals surface area contributed by atoms with Gasteiger partial charge in [0.05, 0.1) is 11.3 Å². The Kier molecular flexibility index (Phi) is 5.34. The first kappa shape index (κ1) is 17.0. The van der Waals surface area contributed by atoms with E-state index in [1.165, 1.54) is 6.08 Å². The van der Waals surface area contributed by atoms with Gasteiger partial charge in [0.2, 0.25) is 5.91 Å². The van der Waals surface area contributed by atoms with Crippen LogP contribution < -0.4 is 5.32 Å². The largest absolute Gasteiger partial charge is 0.456 e. The van der Waals surface area contributed by atoms with Crippen molar-refractivity contribution >= 4 is 35.0 Å². The maximum Gasteiger partial charge on any atom is 0.340 e. The Morgan fingerprint density at radius 1 is 1.13 bits per heavy atom. The van der Waals surface area contributed by atoms with Gasteiger partial charge in [-0.05, 0) is 50.4 Å². The minimum atomic E-state index is -0.590. The first-order valence-electron chi connectivity index (χ1n) is 7.20. The lowest BCUT2D eigenvalue weighted by atomic mass is 10.1. The van der Waals surface area contributed by atoms with E-state index >= 15 is 0 Å². The Bertz CT molecular complexity index is 712. The summed E-state index contributed by atoms with van der Waals surface area (Å²) in [5.41, 5.74) is 0.177. The SMILES string of the molecule is CC(C)(C)OC(=O)c1ccccc1NC(=O)C=Cc1cccs1. The van der Waals surface area contributed by atoms with Gasteiger partial charge in [0.25, 0.3) is 0 Å². The first-order valence-corrected chi connectivity index (χ1v) is 8.08. The van der Waals surface area contributed by atoms with Crippen LogP contribution in [0.15, 0.2) is 47.9 Å². The van der Waals surface area contributed by atoms with Crippen molar-refractivity contribution in [1.82, 2.24) is 0 Å². The predicted molar refractivity (Wildman–Crippen MR) is 93.6 cm³/mol. The van der Waals surface area contributed by atoms with Crippen molar-refractivity contribution in [3.05, 3.63) is 58.3 Å². The van der Waals surface area contributed by atoms with Crippen LogP contribution in [0.5, 0.6) is 0 Å². The van der Waals surface area contributed by atoms with Gasteiger partial charge in [-0.3, -0.25) is 4.79 Å². The number of nitrogens with one attached hydrogen (secondary N) is 1. The first-order chi connectivity index (χ1) is 10.8. The molecular weight excluding hydrogens is 310 g/mol. The van der Waals surface area contributed by atoms with E-state index < -0.39 is 11.6 Å². The highest BCUT2D eigenvalue weighted by Crippen LogP contribution is 2.19. The van der Waals surface area contributed by atoms with Gasteiger partial charge in [-0.15, -0.1) is 11.3 Å². The topological polar surface area (TPSA) is 55.4 Å². The molecule has 1 amide bonds. The second kappa shape index (κ2) is 7.24. The van der Waals surface area contributed by atoms with Gasteiger partial charge >= 0.3 is 5.97 Å². The van der Waals surface area contributed by atoms with Gasteiger partial charge in [-0.2, -0.15) is 0 Å². The van der Waals surface area contributed by atoms with Crippen LogP contribution in [0.2, 0.25) is 0 Å². The van der Waals surface area contributed by atoms with E-state index in [0.717, 1.165) is 4.88 Å². The van der Waals surface area contributed by atoms with Crippen LogP contribution in [0.3, 0.4) is 0 Å². The van der Waals surface area contributed by atoms with Crippen LogP contribution in [0.25, 0.3) is 6.08 Å². The van der Waals surface area contributed by atoms with E-state index in [2.05, 4.69) is 5.32 Å². The Labute approximate surface area is 139 Å². The third kappa shape index (κ3) is 5.38. The lowest BCUT2D eigenvalue weighted by Gasteiger charge is -2.20. The lowest BCUT2D eigenvalue weighted by molar-refractivity contribution is -0.111. The smallest absolute Gasteiger partial charge is 0.340 e. The molecule has 0 aliphatic carbocycles. The highest BCUT2D eigenvalue weighted by atomic mass is 32.1. The Morgan fingerprint density at radius 3 is 2.52 bits per heavy atom. The van der Waals surface area contributed by atoms with Gasteiger partial charge in [0.15, 0.2) is 0 Å². The number of carbonyl (C=O) groups excluding carboxylic acids is 2. The summed E-state index contributed by atoms with van der Waals surface area (Å²) in [6.45, 7) is 5.40. The fourth-order valence-electron chi connectivity index (χ4n) is 1.82. The van der Waals surface area contributed by atoms with Crippen molar-refractivity contribution in [3.8, 4) is 0 Å². The molecule has 0 aliphatic heterocycles. The third-order valence-corrected chi connectivity index (χ3v) is 3.58. The summed E-state index contributed by atoms with van der Waals surface area (Å²) in [6, 6.07) is 10.6. The number of para-hydroxylation sites is 1. The number of rotatable bonds is 4. The van der Waals surface area contributed by atoms with E-state index in [1.807, 2.05) is 17.5 Å². The molecule has 23 heavy (non-hydrogen) atoms. The quantitative estimate of drug-likeness (QED) is 0.670.